The Morgan fingerprint density at radius 3 is 2.48 bits per heavy atom. The topological polar surface area (TPSA) is 29.1 Å². The summed E-state index contributed by atoms with van der Waals surface area (Å²) in [5, 5.41) is 4.11. The molecule has 1 aromatic carbocycles. The first-order chi connectivity index (χ1) is 9.90. The molecule has 1 amide bonds. The van der Waals surface area contributed by atoms with E-state index >= 15 is 0 Å². The van der Waals surface area contributed by atoms with Crippen LogP contribution in [-0.4, -0.2) is 17.8 Å². The van der Waals surface area contributed by atoms with Crippen LogP contribution in [0.3, 0.4) is 0 Å². The molecule has 21 heavy (non-hydrogen) atoms. The normalized spacial score (nSPS) is 13.0. The van der Waals surface area contributed by atoms with E-state index in [0.717, 1.165) is 42.3 Å². The smallest absolute Gasteiger partial charge is 0.251 e. The van der Waals surface area contributed by atoms with Crippen LogP contribution in [0.15, 0.2) is 24.3 Å². The maximum atomic E-state index is 12.5. The Morgan fingerprint density at radius 2 is 1.90 bits per heavy atom. The molecule has 0 radical (unpaired) electrons. The van der Waals surface area contributed by atoms with Gasteiger partial charge in [0.15, 0.2) is 0 Å². The largest absolute Gasteiger partial charge is 0.352 e. The highest BCUT2D eigenvalue weighted by atomic mass is 79.9. The number of rotatable bonds is 7. The summed E-state index contributed by atoms with van der Waals surface area (Å²) < 4.78 is 0. The molecule has 0 aliphatic heterocycles. The lowest BCUT2D eigenvalue weighted by Gasteiger charge is -2.23. The molecule has 1 unspecified atom stereocenters. The van der Waals surface area contributed by atoms with Crippen LogP contribution in [0.2, 0.25) is 0 Å². The first-order valence-electron chi connectivity index (χ1n) is 7.83. The molecule has 0 aromatic heterocycles. The third kappa shape index (κ3) is 5.82. The zero-order chi connectivity index (χ0) is 15.9. The van der Waals surface area contributed by atoms with Crippen molar-refractivity contribution in [1.82, 2.24) is 5.32 Å². The van der Waals surface area contributed by atoms with Gasteiger partial charge in [-0.1, -0.05) is 68.2 Å². The van der Waals surface area contributed by atoms with Gasteiger partial charge >= 0.3 is 0 Å². The van der Waals surface area contributed by atoms with Crippen LogP contribution in [0.5, 0.6) is 0 Å². The van der Waals surface area contributed by atoms with E-state index in [4.69, 9.17) is 0 Å². The van der Waals surface area contributed by atoms with Gasteiger partial charge in [0, 0.05) is 17.4 Å². The van der Waals surface area contributed by atoms with Crippen molar-refractivity contribution in [2.45, 2.75) is 52.4 Å². The van der Waals surface area contributed by atoms with E-state index < -0.39 is 0 Å². The Labute approximate surface area is 137 Å². The number of hydrogen-bond acceptors (Lipinski definition) is 1. The molecule has 1 atom stereocenters. The van der Waals surface area contributed by atoms with Gasteiger partial charge in [-0.25, -0.2) is 0 Å². The predicted molar refractivity (Wildman–Crippen MR) is 94.3 cm³/mol. The fourth-order valence-corrected chi connectivity index (χ4v) is 3.23. The van der Waals surface area contributed by atoms with Crippen LogP contribution in [0, 0.1) is 5.92 Å². The highest BCUT2D eigenvalue weighted by molar-refractivity contribution is 9.09. The molecule has 0 aliphatic carbocycles. The van der Waals surface area contributed by atoms with Gasteiger partial charge in [0.1, 0.15) is 0 Å². The van der Waals surface area contributed by atoms with Gasteiger partial charge in [-0.05, 0) is 35.8 Å². The van der Waals surface area contributed by atoms with E-state index in [1.54, 1.807) is 0 Å². The summed E-state index contributed by atoms with van der Waals surface area (Å²) in [6.07, 6.45) is 3.42. The Morgan fingerprint density at radius 1 is 1.24 bits per heavy atom. The second kappa shape index (κ2) is 8.57. The van der Waals surface area contributed by atoms with Gasteiger partial charge in [-0.2, -0.15) is 0 Å². The minimum Gasteiger partial charge on any atom is -0.352 e. The minimum atomic E-state index is -0.0212. The van der Waals surface area contributed by atoms with Crippen LogP contribution in [0.4, 0.5) is 0 Å². The molecule has 1 aromatic rings. The molecule has 0 fully saturated rings. The SMILES string of the molecule is CCCC(CCBr)CNC(=O)c1ccccc1C(C)(C)C. The number of nitrogens with one attached hydrogen (secondary N) is 1. The molecule has 0 saturated carbocycles. The molecule has 0 spiro atoms. The summed E-state index contributed by atoms with van der Waals surface area (Å²) in [6.45, 7) is 9.38. The van der Waals surface area contributed by atoms with Gasteiger partial charge in [-0.3, -0.25) is 4.79 Å². The maximum Gasteiger partial charge on any atom is 0.251 e. The van der Waals surface area contributed by atoms with Crippen LogP contribution in [-0.2, 0) is 5.41 Å². The third-order valence-corrected chi connectivity index (χ3v) is 4.20. The second-order valence-electron chi connectivity index (χ2n) is 6.64. The lowest BCUT2D eigenvalue weighted by molar-refractivity contribution is 0.0944. The van der Waals surface area contributed by atoms with Gasteiger partial charge < -0.3 is 5.32 Å². The number of amides is 1. The zero-order valence-electron chi connectivity index (χ0n) is 13.7. The zero-order valence-corrected chi connectivity index (χ0v) is 15.3. The van der Waals surface area contributed by atoms with Gasteiger partial charge in [0.25, 0.3) is 5.91 Å². The molecular formula is C18H28BrNO. The highest BCUT2D eigenvalue weighted by Crippen LogP contribution is 2.25. The predicted octanol–water partition coefficient (Wildman–Crippen LogP) is 4.92. The van der Waals surface area contributed by atoms with E-state index in [1.165, 1.54) is 0 Å². The summed E-state index contributed by atoms with van der Waals surface area (Å²) in [5.74, 6) is 0.608. The van der Waals surface area contributed by atoms with E-state index in [9.17, 15) is 4.79 Å². The van der Waals surface area contributed by atoms with Gasteiger partial charge in [0.05, 0.1) is 0 Å². The monoisotopic (exact) mass is 353 g/mol. The number of alkyl halides is 1. The summed E-state index contributed by atoms with van der Waals surface area (Å²) in [7, 11) is 0. The van der Waals surface area contributed by atoms with Crippen LogP contribution >= 0.6 is 15.9 Å². The van der Waals surface area contributed by atoms with Crippen LogP contribution in [0.25, 0.3) is 0 Å². The number of hydrogen-bond donors (Lipinski definition) is 1. The van der Waals surface area contributed by atoms with Crippen molar-refractivity contribution in [3.63, 3.8) is 0 Å². The third-order valence-electron chi connectivity index (χ3n) is 3.75. The van der Waals surface area contributed by atoms with E-state index in [0.29, 0.717) is 5.92 Å². The van der Waals surface area contributed by atoms with Crippen molar-refractivity contribution in [3.8, 4) is 0 Å². The molecule has 118 valence electrons. The summed E-state index contributed by atoms with van der Waals surface area (Å²) in [5.41, 5.74) is 1.89. The van der Waals surface area contributed by atoms with Crippen molar-refractivity contribution < 1.29 is 4.79 Å². The van der Waals surface area contributed by atoms with E-state index in [2.05, 4.69) is 55.0 Å². The average molecular weight is 354 g/mol. The van der Waals surface area contributed by atoms with E-state index in [-0.39, 0.29) is 11.3 Å². The number of carbonyl (C=O) groups is 1. The molecule has 0 bridgehead atoms. The van der Waals surface area contributed by atoms with Crippen molar-refractivity contribution in [2.24, 2.45) is 5.92 Å². The summed E-state index contributed by atoms with van der Waals surface area (Å²) in [4.78, 5) is 12.5. The quantitative estimate of drug-likeness (QED) is 0.692. The minimum absolute atomic E-state index is 0.0212. The standard InChI is InChI=1S/C18H28BrNO/c1-5-8-14(11-12-19)13-20-17(21)15-9-6-7-10-16(15)18(2,3)4/h6-7,9-10,14H,5,8,11-13H2,1-4H3,(H,20,21). The first kappa shape index (κ1) is 18.2. The van der Waals surface area contributed by atoms with Crippen molar-refractivity contribution in [3.05, 3.63) is 35.4 Å². The molecular weight excluding hydrogens is 326 g/mol. The van der Waals surface area contributed by atoms with Gasteiger partial charge in [0.2, 0.25) is 0 Å². The Balaban J connectivity index is 2.76. The molecule has 0 aliphatic rings. The summed E-state index contributed by atoms with van der Waals surface area (Å²) in [6, 6.07) is 7.92. The molecule has 1 rings (SSSR count). The van der Waals surface area contributed by atoms with Crippen molar-refractivity contribution >= 4 is 21.8 Å². The molecule has 0 heterocycles. The second-order valence-corrected chi connectivity index (χ2v) is 7.43. The molecule has 2 nitrogen and oxygen atoms in total. The first-order valence-corrected chi connectivity index (χ1v) is 8.96. The number of carbonyl (C=O) groups excluding carboxylic acids is 1. The summed E-state index contributed by atoms with van der Waals surface area (Å²) >= 11 is 3.50. The van der Waals surface area contributed by atoms with Crippen LogP contribution < -0.4 is 5.32 Å². The number of halogens is 1. The Hall–Kier alpha value is -0.830. The fraction of sp³-hybridized carbons (Fsp3) is 0.611. The van der Waals surface area contributed by atoms with Crippen LogP contribution in [0.1, 0.15) is 62.9 Å². The molecule has 3 heteroatoms. The lowest BCUT2D eigenvalue weighted by atomic mass is 9.83. The maximum absolute atomic E-state index is 12.5. The van der Waals surface area contributed by atoms with E-state index in [1.807, 2.05) is 18.2 Å². The number of benzene rings is 1. The molecule has 1 N–H and O–H groups in total. The highest BCUT2D eigenvalue weighted by Gasteiger charge is 2.21. The lowest BCUT2D eigenvalue weighted by Crippen LogP contribution is -2.31. The fourth-order valence-electron chi connectivity index (χ4n) is 2.58. The Kier molecular flexibility index (Phi) is 7.44. The molecule has 0 saturated heterocycles. The average Bonchev–Trinajstić information content (AvgIpc) is 2.44. The Bertz CT molecular complexity index is 445. The van der Waals surface area contributed by atoms with Gasteiger partial charge in [-0.15, -0.1) is 0 Å². The van der Waals surface area contributed by atoms with Crippen molar-refractivity contribution in [2.75, 3.05) is 11.9 Å². The van der Waals surface area contributed by atoms with Crippen molar-refractivity contribution in [1.29, 1.82) is 0 Å².